The Morgan fingerprint density at radius 3 is 2.65 bits per heavy atom. The highest BCUT2D eigenvalue weighted by Gasteiger charge is 2.27. The summed E-state index contributed by atoms with van der Waals surface area (Å²) in [6, 6.07) is 1.54. The highest BCUT2D eigenvalue weighted by molar-refractivity contribution is 8.00. The summed E-state index contributed by atoms with van der Waals surface area (Å²) < 4.78 is 15.3. The number of aliphatic hydroxyl groups excluding tert-OH is 1. The Balaban J connectivity index is 0.000000347. The SMILES string of the molecule is Nc1ccn([C@@H]2CS[C@H](CO)O2)c(=O)n1.O=P([O-])([O-])[O-]. The van der Waals surface area contributed by atoms with Crippen LogP contribution in [-0.4, -0.2) is 32.5 Å². The lowest BCUT2D eigenvalue weighted by molar-refractivity contribution is -0.432. The van der Waals surface area contributed by atoms with E-state index in [1.54, 1.807) is 12.3 Å². The highest BCUT2D eigenvalue weighted by atomic mass is 32.2. The van der Waals surface area contributed by atoms with E-state index in [1.165, 1.54) is 16.3 Å². The molecule has 1 aliphatic heterocycles. The fraction of sp³-hybridized carbons (Fsp3) is 0.500. The molecule has 114 valence electrons. The van der Waals surface area contributed by atoms with Crippen molar-refractivity contribution in [2.45, 2.75) is 11.7 Å². The van der Waals surface area contributed by atoms with E-state index in [2.05, 4.69) is 4.98 Å². The lowest BCUT2D eigenvalue weighted by atomic mass is 10.5. The lowest BCUT2D eigenvalue weighted by Gasteiger charge is -2.36. The maximum atomic E-state index is 11.4. The van der Waals surface area contributed by atoms with E-state index in [-0.39, 0.29) is 24.1 Å². The molecule has 1 aromatic heterocycles. The molecule has 3 N–H and O–H groups in total. The summed E-state index contributed by atoms with van der Waals surface area (Å²) in [5.41, 5.74) is 4.67. The smallest absolute Gasteiger partial charge is 0.351 e. The molecule has 1 fully saturated rings. The van der Waals surface area contributed by atoms with E-state index >= 15 is 0 Å². The van der Waals surface area contributed by atoms with Gasteiger partial charge < -0.3 is 34.8 Å². The van der Waals surface area contributed by atoms with Gasteiger partial charge in [-0.25, -0.2) is 4.79 Å². The molecule has 20 heavy (non-hydrogen) atoms. The fourth-order valence-corrected chi connectivity index (χ4v) is 2.26. The van der Waals surface area contributed by atoms with Crippen LogP contribution in [-0.2, 0) is 9.30 Å². The first kappa shape index (κ1) is 17.1. The van der Waals surface area contributed by atoms with Gasteiger partial charge in [0.25, 0.3) is 0 Å². The van der Waals surface area contributed by atoms with Crippen LogP contribution in [0.3, 0.4) is 0 Å². The van der Waals surface area contributed by atoms with E-state index in [1.807, 2.05) is 0 Å². The molecule has 0 unspecified atom stereocenters. The van der Waals surface area contributed by atoms with E-state index in [0.29, 0.717) is 5.75 Å². The number of rotatable bonds is 2. The van der Waals surface area contributed by atoms with Gasteiger partial charge >= 0.3 is 5.69 Å². The average Bonchev–Trinajstić information content (AvgIpc) is 2.75. The van der Waals surface area contributed by atoms with Crippen LogP contribution in [0.1, 0.15) is 6.23 Å². The zero-order valence-corrected chi connectivity index (χ0v) is 11.7. The fourth-order valence-electron chi connectivity index (χ4n) is 1.33. The standard InChI is InChI=1S/C8H11N3O3S.H3O4P/c9-5-1-2-11(8(13)10-5)6-4-15-7(3-12)14-6;1-5(2,3)4/h1-2,6-7,12H,3-4H2,(H2,9,10,13);(H3,1,2,3,4)/p-3/t6-,7+;/m0./s1. The Hall–Kier alpha value is -0.940. The topological polar surface area (TPSA) is 177 Å². The van der Waals surface area contributed by atoms with Crippen LogP contribution in [0.4, 0.5) is 5.82 Å². The Bertz CT molecular complexity index is 539. The van der Waals surface area contributed by atoms with Crippen LogP contribution >= 0.6 is 19.6 Å². The third-order valence-electron chi connectivity index (χ3n) is 2.04. The maximum absolute atomic E-state index is 11.4. The second kappa shape index (κ2) is 7.18. The molecule has 10 nitrogen and oxygen atoms in total. The van der Waals surface area contributed by atoms with Crippen LogP contribution in [0.2, 0.25) is 0 Å². The normalized spacial score (nSPS) is 22.2. The Morgan fingerprint density at radius 2 is 2.20 bits per heavy atom. The van der Waals surface area contributed by atoms with Crippen molar-refractivity contribution < 1.29 is 29.1 Å². The molecular formula is C8H11N3O7PS-3. The summed E-state index contributed by atoms with van der Waals surface area (Å²) in [6.07, 6.45) is 1.18. The molecule has 1 aliphatic rings. The van der Waals surface area contributed by atoms with Crippen LogP contribution in [0.15, 0.2) is 17.1 Å². The van der Waals surface area contributed by atoms with Crippen molar-refractivity contribution in [2.24, 2.45) is 0 Å². The number of hydrogen-bond acceptors (Lipinski definition) is 10. The predicted molar refractivity (Wildman–Crippen MR) is 64.0 cm³/mol. The number of thioether (sulfide) groups is 1. The number of anilines is 1. The Kier molecular flexibility index (Phi) is 6.14. The number of phosphoric acid groups is 1. The molecule has 0 saturated carbocycles. The minimum atomic E-state index is -5.39. The number of hydrogen-bond donors (Lipinski definition) is 2. The van der Waals surface area contributed by atoms with Crippen LogP contribution in [0.5, 0.6) is 0 Å². The van der Waals surface area contributed by atoms with Crippen molar-refractivity contribution in [3.05, 3.63) is 22.7 Å². The summed E-state index contributed by atoms with van der Waals surface area (Å²) in [6.45, 7) is -0.0572. The van der Waals surface area contributed by atoms with E-state index in [0.717, 1.165) is 0 Å². The van der Waals surface area contributed by atoms with Gasteiger partial charge in [-0.2, -0.15) is 12.8 Å². The van der Waals surface area contributed by atoms with Crippen LogP contribution in [0.25, 0.3) is 0 Å². The number of nitrogen functional groups attached to an aromatic ring is 1. The predicted octanol–water partition coefficient (Wildman–Crippen LogP) is -3.42. The minimum absolute atomic E-state index is 0.0572. The molecule has 12 heteroatoms. The molecule has 0 amide bonds. The summed E-state index contributed by atoms with van der Waals surface area (Å²) in [5.74, 6) is 0.817. The van der Waals surface area contributed by atoms with Crippen molar-refractivity contribution in [2.75, 3.05) is 18.1 Å². The van der Waals surface area contributed by atoms with Gasteiger partial charge in [-0.3, -0.25) is 4.57 Å². The van der Waals surface area contributed by atoms with Gasteiger partial charge in [-0.1, -0.05) is 0 Å². The van der Waals surface area contributed by atoms with Crippen LogP contribution < -0.4 is 26.1 Å². The van der Waals surface area contributed by atoms with Crippen molar-refractivity contribution in [3.8, 4) is 0 Å². The quantitative estimate of drug-likeness (QED) is 0.520. The molecule has 0 bridgehead atoms. The van der Waals surface area contributed by atoms with E-state index < -0.39 is 13.5 Å². The summed E-state index contributed by atoms with van der Waals surface area (Å²) in [5, 5.41) is 8.88. The first-order valence-corrected chi connectivity index (χ1v) is 7.67. The molecule has 2 atom stereocenters. The number of aliphatic hydroxyl groups is 1. The van der Waals surface area contributed by atoms with E-state index in [9.17, 15) is 4.79 Å². The summed E-state index contributed by atoms with van der Waals surface area (Å²) in [7, 11) is -5.39. The van der Waals surface area contributed by atoms with Gasteiger partial charge in [-0.15, -0.1) is 11.8 Å². The van der Waals surface area contributed by atoms with Crippen molar-refractivity contribution in [1.82, 2.24) is 9.55 Å². The molecule has 2 heterocycles. The molecule has 2 rings (SSSR count). The molecule has 0 aromatic carbocycles. The minimum Gasteiger partial charge on any atom is -0.822 e. The zero-order valence-electron chi connectivity index (χ0n) is 9.95. The second-order valence-corrected chi connectivity index (χ2v) is 5.61. The third-order valence-corrected chi connectivity index (χ3v) is 3.15. The van der Waals surface area contributed by atoms with Gasteiger partial charge in [0.1, 0.15) is 17.5 Å². The maximum Gasteiger partial charge on any atom is 0.351 e. The summed E-state index contributed by atoms with van der Waals surface area (Å²) in [4.78, 5) is 40.7. The monoisotopic (exact) mass is 324 g/mol. The van der Waals surface area contributed by atoms with E-state index in [4.69, 9.17) is 34.8 Å². The molecule has 0 aliphatic carbocycles. The van der Waals surface area contributed by atoms with Gasteiger partial charge in [-0.05, 0) is 6.07 Å². The Labute approximate surface area is 117 Å². The zero-order chi connectivity index (χ0) is 15.3. The van der Waals surface area contributed by atoms with Gasteiger partial charge in [0, 0.05) is 11.9 Å². The summed E-state index contributed by atoms with van der Waals surface area (Å²) >= 11 is 1.47. The number of aromatic nitrogens is 2. The molecule has 1 saturated heterocycles. The van der Waals surface area contributed by atoms with Crippen molar-refractivity contribution in [3.63, 3.8) is 0 Å². The number of nitrogens with two attached hydrogens (primary N) is 1. The largest absolute Gasteiger partial charge is 0.822 e. The second-order valence-electron chi connectivity index (χ2n) is 3.53. The number of ether oxygens (including phenoxy) is 1. The molecule has 1 aromatic rings. The number of nitrogens with zero attached hydrogens (tertiary/aromatic N) is 2. The van der Waals surface area contributed by atoms with Gasteiger partial charge in [0.2, 0.25) is 0 Å². The van der Waals surface area contributed by atoms with Crippen LogP contribution in [0, 0.1) is 0 Å². The first-order chi connectivity index (χ1) is 9.20. The van der Waals surface area contributed by atoms with Gasteiger partial charge in [0.05, 0.1) is 6.61 Å². The first-order valence-electron chi connectivity index (χ1n) is 5.16. The Morgan fingerprint density at radius 1 is 1.60 bits per heavy atom. The highest BCUT2D eigenvalue weighted by Crippen LogP contribution is 2.30. The van der Waals surface area contributed by atoms with Crippen molar-refractivity contribution in [1.29, 1.82) is 0 Å². The van der Waals surface area contributed by atoms with Crippen molar-refractivity contribution >= 4 is 25.4 Å². The third kappa shape index (κ3) is 6.01. The van der Waals surface area contributed by atoms with Gasteiger partial charge in [0.15, 0.2) is 0 Å². The molecule has 0 radical (unpaired) electrons. The molecule has 0 spiro atoms. The molecular weight excluding hydrogens is 313 g/mol. The average molecular weight is 324 g/mol. The lowest BCUT2D eigenvalue weighted by Crippen LogP contribution is -2.28.